The first kappa shape index (κ1) is 34.1. The zero-order chi connectivity index (χ0) is 31.6. The summed E-state index contributed by atoms with van der Waals surface area (Å²) in [4.78, 5) is 27.5. The minimum atomic E-state index is -4.33. The van der Waals surface area contributed by atoms with Gasteiger partial charge in [-0.05, 0) is 90.4 Å². The zero-order valence-electron chi connectivity index (χ0n) is 24.3. The van der Waals surface area contributed by atoms with Crippen molar-refractivity contribution in [1.82, 2.24) is 10.2 Å². The smallest absolute Gasteiger partial charge is 0.389 e. The molecule has 232 valence electrons. The summed E-state index contributed by atoms with van der Waals surface area (Å²) >= 11 is 1.53. The second kappa shape index (κ2) is 15.9. The number of nitrogens with zero attached hydrogens (tertiary/aromatic N) is 1. The highest BCUT2D eigenvalue weighted by molar-refractivity contribution is 7.98. The number of carbonyl (C=O) groups excluding carboxylic acids is 2. The largest absolute Gasteiger partial charge is 0.467 e. The lowest BCUT2D eigenvalue weighted by atomic mass is 9.93. The van der Waals surface area contributed by atoms with E-state index >= 15 is 0 Å². The van der Waals surface area contributed by atoms with Crippen molar-refractivity contribution >= 4 is 23.6 Å². The van der Waals surface area contributed by atoms with Gasteiger partial charge in [-0.25, -0.2) is 13.6 Å². The molecule has 1 amide bonds. The number of ether oxygens (including phenoxy) is 1. The van der Waals surface area contributed by atoms with Gasteiger partial charge in [0.2, 0.25) is 0 Å². The molecule has 0 saturated heterocycles. The van der Waals surface area contributed by atoms with Crippen LogP contribution in [0.15, 0.2) is 60.7 Å². The fourth-order valence-electron chi connectivity index (χ4n) is 4.78. The first-order chi connectivity index (χ1) is 20.4. The molecular weight excluding hydrogens is 587 g/mol. The number of hydrogen-bond donors (Lipinski definition) is 1. The van der Waals surface area contributed by atoms with Crippen molar-refractivity contribution in [3.63, 3.8) is 0 Å². The lowest BCUT2D eigenvalue weighted by Gasteiger charge is -2.24. The predicted octanol–water partition coefficient (Wildman–Crippen LogP) is 7.31. The van der Waals surface area contributed by atoms with Crippen molar-refractivity contribution in [2.45, 2.75) is 51.5 Å². The first-order valence-corrected chi connectivity index (χ1v) is 15.1. The monoisotopic (exact) mass is 622 g/mol. The molecule has 0 bridgehead atoms. The lowest BCUT2D eigenvalue weighted by molar-refractivity contribution is -0.143. The molecular formula is C32H35F5N2O3S. The molecule has 0 aliphatic rings. The van der Waals surface area contributed by atoms with Gasteiger partial charge in [0.05, 0.1) is 7.11 Å². The van der Waals surface area contributed by atoms with E-state index in [1.165, 1.54) is 18.9 Å². The quantitative estimate of drug-likeness (QED) is 0.151. The van der Waals surface area contributed by atoms with Crippen LogP contribution in [0.25, 0.3) is 11.1 Å². The number of carbonyl (C=O) groups is 2. The molecule has 43 heavy (non-hydrogen) atoms. The Morgan fingerprint density at radius 2 is 1.63 bits per heavy atom. The van der Waals surface area contributed by atoms with Crippen LogP contribution in [0.3, 0.4) is 0 Å². The van der Waals surface area contributed by atoms with Crippen LogP contribution in [0.4, 0.5) is 22.0 Å². The van der Waals surface area contributed by atoms with Crippen LogP contribution in [0, 0.1) is 18.6 Å². The van der Waals surface area contributed by atoms with Crippen molar-refractivity contribution in [1.29, 1.82) is 0 Å². The van der Waals surface area contributed by atoms with Gasteiger partial charge in [0, 0.05) is 31.1 Å². The van der Waals surface area contributed by atoms with E-state index in [0.717, 1.165) is 29.3 Å². The number of aryl methyl sites for hydroxylation is 1. The molecule has 0 aromatic heterocycles. The fraction of sp³-hybridized carbons (Fsp3) is 0.375. The summed E-state index contributed by atoms with van der Waals surface area (Å²) in [6.07, 6.45) is -3.25. The summed E-state index contributed by atoms with van der Waals surface area (Å²) in [5, 5.41) is 2.78. The van der Waals surface area contributed by atoms with Gasteiger partial charge in [0.15, 0.2) is 0 Å². The molecule has 0 aliphatic carbocycles. The SMILES string of the molecule is COC(=O)[C@H](CCSC)NC(=O)c1ccc(CN(CCCC(F)(F)F)Cc2cc(F)cc(F)c2)cc1-c1ccccc1C. The molecule has 11 heteroatoms. The molecule has 3 aromatic rings. The molecule has 3 rings (SSSR count). The molecule has 0 spiro atoms. The summed E-state index contributed by atoms with van der Waals surface area (Å²) in [5.41, 5.74) is 3.52. The van der Waals surface area contributed by atoms with Gasteiger partial charge in [0.1, 0.15) is 17.7 Å². The topological polar surface area (TPSA) is 58.6 Å². The molecule has 0 unspecified atom stereocenters. The Morgan fingerprint density at radius 3 is 2.26 bits per heavy atom. The number of nitrogens with one attached hydrogen (secondary N) is 1. The number of hydrogen-bond acceptors (Lipinski definition) is 5. The number of alkyl halides is 3. The average Bonchev–Trinajstić information content (AvgIpc) is 2.93. The van der Waals surface area contributed by atoms with Gasteiger partial charge in [-0.2, -0.15) is 24.9 Å². The maximum absolute atomic E-state index is 13.9. The Hall–Kier alpha value is -3.44. The van der Waals surface area contributed by atoms with Crippen molar-refractivity contribution in [2.24, 2.45) is 0 Å². The summed E-state index contributed by atoms with van der Waals surface area (Å²) in [6, 6.07) is 14.7. The Bertz CT molecular complexity index is 1380. The molecule has 1 atom stereocenters. The molecule has 1 N–H and O–H groups in total. The third-order valence-electron chi connectivity index (χ3n) is 6.83. The molecule has 0 radical (unpaired) electrons. The van der Waals surface area contributed by atoms with E-state index in [0.29, 0.717) is 34.4 Å². The number of methoxy groups -OCH3 is 1. The molecule has 0 saturated carbocycles. The third-order valence-corrected chi connectivity index (χ3v) is 7.48. The first-order valence-electron chi connectivity index (χ1n) is 13.7. The highest BCUT2D eigenvalue weighted by Gasteiger charge is 2.27. The number of esters is 1. The van der Waals surface area contributed by atoms with E-state index in [4.69, 9.17) is 4.74 Å². The minimum Gasteiger partial charge on any atom is -0.467 e. The minimum absolute atomic E-state index is 0.0186. The van der Waals surface area contributed by atoms with Crippen molar-refractivity contribution < 1.29 is 36.3 Å². The maximum Gasteiger partial charge on any atom is 0.389 e. The molecule has 0 fully saturated rings. The maximum atomic E-state index is 13.9. The number of amides is 1. The van der Waals surface area contributed by atoms with Crippen LogP contribution in [0.1, 0.15) is 46.3 Å². The molecule has 0 heterocycles. The van der Waals surface area contributed by atoms with E-state index in [1.54, 1.807) is 23.1 Å². The van der Waals surface area contributed by atoms with Crippen LogP contribution in [0.5, 0.6) is 0 Å². The van der Waals surface area contributed by atoms with Gasteiger partial charge in [-0.15, -0.1) is 0 Å². The van der Waals surface area contributed by atoms with Gasteiger partial charge < -0.3 is 10.1 Å². The number of rotatable bonds is 14. The van der Waals surface area contributed by atoms with Gasteiger partial charge in [0.25, 0.3) is 5.91 Å². The van der Waals surface area contributed by atoms with Crippen LogP contribution in [-0.4, -0.2) is 54.7 Å². The molecule has 3 aromatic carbocycles. The Labute approximate surface area is 252 Å². The summed E-state index contributed by atoms with van der Waals surface area (Å²) < 4.78 is 71.3. The van der Waals surface area contributed by atoms with Gasteiger partial charge in [-0.3, -0.25) is 9.69 Å². The number of benzene rings is 3. The van der Waals surface area contributed by atoms with E-state index in [9.17, 15) is 31.5 Å². The van der Waals surface area contributed by atoms with E-state index < -0.39 is 42.1 Å². The lowest BCUT2D eigenvalue weighted by Crippen LogP contribution is -2.42. The number of thioether (sulfide) groups is 1. The Morgan fingerprint density at radius 1 is 0.953 bits per heavy atom. The number of halogens is 5. The third kappa shape index (κ3) is 10.7. The zero-order valence-corrected chi connectivity index (χ0v) is 25.1. The van der Waals surface area contributed by atoms with Crippen LogP contribution >= 0.6 is 11.8 Å². The van der Waals surface area contributed by atoms with Crippen LogP contribution < -0.4 is 5.32 Å². The van der Waals surface area contributed by atoms with Crippen LogP contribution in [0.2, 0.25) is 0 Å². The fourth-order valence-corrected chi connectivity index (χ4v) is 5.26. The van der Waals surface area contributed by atoms with Gasteiger partial charge >= 0.3 is 12.1 Å². The standard InChI is InChI=1S/C32H35F5N2O3S/c1-21-7-4-5-8-26(21)28-17-22(9-10-27(28)30(40)38-29(11-14-43-3)31(41)42-2)19-39(13-6-12-32(35,36)37)20-23-15-24(33)18-25(34)16-23/h4-5,7-10,15-18,29H,6,11-14,19-20H2,1-3H3,(H,38,40)/t29-/m0/s1. The average molecular weight is 623 g/mol. The van der Waals surface area contributed by atoms with Crippen LogP contribution in [-0.2, 0) is 22.6 Å². The Kier molecular flexibility index (Phi) is 12.6. The molecule has 5 nitrogen and oxygen atoms in total. The normalized spacial score (nSPS) is 12.3. The van der Waals surface area contributed by atoms with Crippen molar-refractivity contribution in [3.05, 3.63) is 94.6 Å². The summed E-state index contributed by atoms with van der Waals surface area (Å²) in [7, 11) is 1.26. The van der Waals surface area contributed by atoms with Gasteiger partial charge in [-0.1, -0.05) is 30.3 Å². The van der Waals surface area contributed by atoms with Crippen molar-refractivity contribution in [2.75, 3.05) is 25.7 Å². The summed E-state index contributed by atoms with van der Waals surface area (Å²) in [5.74, 6) is -1.95. The Balaban J connectivity index is 1.97. The molecule has 0 aliphatic heterocycles. The van der Waals surface area contributed by atoms with Crippen molar-refractivity contribution in [3.8, 4) is 11.1 Å². The second-order valence-electron chi connectivity index (χ2n) is 10.2. The highest BCUT2D eigenvalue weighted by Crippen LogP contribution is 2.29. The van der Waals surface area contributed by atoms with E-state index in [1.807, 2.05) is 37.4 Å². The predicted molar refractivity (Wildman–Crippen MR) is 159 cm³/mol. The summed E-state index contributed by atoms with van der Waals surface area (Å²) in [6.45, 7) is 2.09. The second-order valence-corrected chi connectivity index (χ2v) is 11.2. The van der Waals surface area contributed by atoms with E-state index in [2.05, 4.69) is 5.32 Å². The highest BCUT2D eigenvalue weighted by atomic mass is 32.2. The van der Waals surface area contributed by atoms with E-state index in [-0.39, 0.29) is 26.1 Å².